The highest BCUT2D eigenvalue weighted by Gasteiger charge is 2.12. The average molecular weight is 210 g/mol. The Hall–Kier alpha value is -1.80. The molecule has 2 nitrogen and oxygen atoms in total. The van der Waals surface area contributed by atoms with Gasteiger partial charge in [-0.25, -0.2) is 0 Å². The normalized spacial score (nSPS) is 17.4. The molecule has 1 aromatic carbocycles. The van der Waals surface area contributed by atoms with Crippen molar-refractivity contribution in [3.05, 3.63) is 58.6 Å². The van der Waals surface area contributed by atoms with E-state index in [1.807, 2.05) is 0 Å². The molecular weight excluding hydrogens is 196 g/mol. The molecule has 2 heteroatoms. The highest BCUT2D eigenvalue weighted by atomic mass is 15.1. The lowest BCUT2D eigenvalue weighted by Crippen LogP contribution is -2.38. The second-order valence-electron chi connectivity index (χ2n) is 4.07. The Morgan fingerprint density at radius 1 is 1.25 bits per heavy atom. The van der Waals surface area contributed by atoms with Crippen molar-refractivity contribution in [2.45, 2.75) is 0 Å². The van der Waals surface area contributed by atoms with Gasteiger partial charge >= 0.3 is 0 Å². The van der Waals surface area contributed by atoms with Crippen LogP contribution in [0.15, 0.2) is 48.2 Å². The van der Waals surface area contributed by atoms with Crippen LogP contribution in [-0.4, -0.2) is 18.0 Å². The van der Waals surface area contributed by atoms with Crippen molar-refractivity contribution in [2.24, 2.45) is 5.73 Å². The molecule has 0 unspecified atom stereocenters. The van der Waals surface area contributed by atoms with E-state index in [-0.39, 0.29) is 0 Å². The maximum Gasteiger partial charge on any atom is 0.0491 e. The van der Waals surface area contributed by atoms with Gasteiger partial charge in [-0.1, -0.05) is 30.3 Å². The van der Waals surface area contributed by atoms with Gasteiger partial charge in [0.1, 0.15) is 0 Å². The summed E-state index contributed by atoms with van der Waals surface area (Å²) in [6.45, 7) is 1.54. The van der Waals surface area contributed by atoms with Gasteiger partial charge in [0, 0.05) is 30.2 Å². The minimum absolute atomic E-state index is 0.597. The first kappa shape index (κ1) is 9.43. The Kier molecular flexibility index (Phi) is 2.15. The maximum absolute atomic E-state index is 5.69. The van der Waals surface area contributed by atoms with Crippen LogP contribution in [0.1, 0.15) is 0 Å². The van der Waals surface area contributed by atoms with Crippen molar-refractivity contribution in [2.75, 3.05) is 13.1 Å². The van der Waals surface area contributed by atoms with Crippen LogP contribution in [0.3, 0.4) is 0 Å². The summed E-state index contributed by atoms with van der Waals surface area (Å²) < 4.78 is 0. The standard InChI is InChI=1S/C14H14N2/c15-10-11-5-7-16-8-6-12-3-1-2-4-13(12)14(16)9-11/h1-7,9H,8,10,15H2. The van der Waals surface area contributed by atoms with E-state index in [1.165, 1.54) is 21.7 Å². The molecule has 0 amide bonds. The van der Waals surface area contributed by atoms with E-state index >= 15 is 0 Å². The number of fused-ring (bicyclic) bond motifs is 2. The summed E-state index contributed by atoms with van der Waals surface area (Å²) in [6.07, 6.45) is 8.64. The van der Waals surface area contributed by atoms with Crippen LogP contribution < -0.4 is 16.2 Å². The van der Waals surface area contributed by atoms with E-state index in [9.17, 15) is 0 Å². The van der Waals surface area contributed by atoms with Gasteiger partial charge in [0.05, 0.1) is 0 Å². The quantitative estimate of drug-likeness (QED) is 0.722. The third kappa shape index (κ3) is 1.39. The number of hydrogen-bond acceptors (Lipinski definition) is 2. The summed E-state index contributed by atoms with van der Waals surface area (Å²) in [5.74, 6) is 0. The van der Waals surface area contributed by atoms with Crippen molar-refractivity contribution >= 4 is 11.8 Å². The molecule has 0 radical (unpaired) electrons. The van der Waals surface area contributed by atoms with E-state index in [1.54, 1.807) is 0 Å². The topological polar surface area (TPSA) is 29.3 Å². The fourth-order valence-electron chi connectivity index (χ4n) is 2.20. The van der Waals surface area contributed by atoms with E-state index in [0.29, 0.717) is 6.54 Å². The average Bonchev–Trinajstić information content (AvgIpc) is 2.38. The van der Waals surface area contributed by atoms with Crippen molar-refractivity contribution in [1.29, 1.82) is 0 Å². The number of nitrogens with zero attached hydrogens (tertiary/aromatic N) is 1. The highest BCUT2D eigenvalue weighted by molar-refractivity contribution is 5.64. The number of hydrogen-bond donors (Lipinski definition) is 1. The summed E-state index contributed by atoms with van der Waals surface area (Å²) in [5, 5.41) is 2.61. The first-order valence-electron chi connectivity index (χ1n) is 5.53. The van der Waals surface area contributed by atoms with Crippen LogP contribution in [-0.2, 0) is 0 Å². The molecule has 2 aliphatic heterocycles. The van der Waals surface area contributed by atoms with Gasteiger partial charge in [-0.15, -0.1) is 0 Å². The van der Waals surface area contributed by atoms with Gasteiger partial charge in [-0.2, -0.15) is 0 Å². The third-order valence-electron chi connectivity index (χ3n) is 3.08. The number of rotatable bonds is 1. The minimum atomic E-state index is 0.597. The van der Waals surface area contributed by atoms with Gasteiger partial charge in [-0.3, -0.25) is 0 Å². The van der Waals surface area contributed by atoms with E-state index < -0.39 is 0 Å². The molecule has 0 fully saturated rings. The Morgan fingerprint density at radius 3 is 3.00 bits per heavy atom. The Balaban J connectivity index is 2.30. The molecule has 0 bridgehead atoms. The molecule has 0 saturated heterocycles. The van der Waals surface area contributed by atoms with E-state index in [0.717, 1.165) is 6.54 Å². The molecule has 2 aliphatic rings. The summed E-state index contributed by atoms with van der Waals surface area (Å²) in [6, 6.07) is 8.49. The molecule has 2 N–H and O–H groups in total. The maximum atomic E-state index is 5.69. The fourth-order valence-corrected chi connectivity index (χ4v) is 2.20. The smallest absolute Gasteiger partial charge is 0.0491 e. The molecule has 0 aliphatic carbocycles. The van der Waals surface area contributed by atoms with Gasteiger partial charge in [0.25, 0.3) is 0 Å². The molecule has 0 atom stereocenters. The second-order valence-corrected chi connectivity index (χ2v) is 4.07. The molecular formula is C14H14N2. The van der Waals surface area contributed by atoms with Gasteiger partial charge in [-0.05, 0) is 22.9 Å². The van der Waals surface area contributed by atoms with Gasteiger partial charge < -0.3 is 10.6 Å². The van der Waals surface area contributed by atoms with Gasteiger partial charge in [0.15, 0.2) is 0 Å². The summed E-state index contributed by atoms with van der Waals surface area (Å²) in [7, 11) is 0. The molecule has 16 heavy (non-hydrogen) atoms. The summed E-state index contributed by atoms with van der Waals surface area (Å²) in [4.78, 5) is 2.25. The van der Waals surface area contributed by atoms with Crippen LogP contribution in [0.2, 0.25) is 0 Å². The third-order valence-corrected chi connectivity index (χ3v) is 3.08. The Morgan fingerprint density at radius 2 is 2.12 bits per heavy atom. The number of nitrogens with two attached hydrogens (primary N) is 1. The van der Waals surface area contributed by atoms with Crippen LogP contribution in [0.5, 0.6) is 0 Å². The zero-order valence-corrected chi connectivity index (χ0v) is 9.06. The van der Waals surface area contributed by atoms with E-state index in [2.05, 4.69) is 53.6 Å². The summed E-state index contributed by atoms with van der Waals surface area (Å²) >= 11 is 0. The lowest BCUT2D eigenvalue weighted by molar-refractivity contribution is 0.595. The van der Waals surface area contributed by atoms with Crippen LogP contribution in [0, 0.1) is 0 Å². The molecule has 80 valence electrons. The summed E-state index contributed by atoms with van der Waals surface area (Å²) in [5.41, 5.74) is 8.13. The zero-order chi connectivity index (χ0) is 11.0. The van der Waals surface area contributed by atoms with Crippen LogP contribution >= 0.6 is 0 Å². The zero-order valence-electron chi connectivity index (χ0n) is 9.06. The Bertz CT molecular complexity index is 593. The molecule has 3 rings (SSSR count). The lowest BCUT2D eigenvalue weighted by Gasteiger charge is -2.26. The van der Waals surface area contributed by atoms with Crippen molar-refractivity contribution in [3.63, 3.8) is 0 Å². The highest BCUT2D eigenvalue weighted by Crippen LogP contribution is 2.17. The van der Waals surface area contributed by atoms with Crippen molar-refractivity contribution in [1.82, 2.24) is 4.90 Å². The predicted octanol–water partition coefficient (Wildman–Crippen LogP) is 0.303. The monoisotopic (exact) mass is 210 g/mol. The predicted molar refractivity (Wildman–Crippen MR) is 66.5 cm³/mol. The first-order valence-corrected chi connectivity index (χ1v) is 5.53. The molecule has 0 spiro atoms. The molecule has 0 aromatic heterocycles. The second kappa shape index (κ2) is 3.65. The molecule has 2 heterocycles. The number of benzene rings is 1. The minimum Gasteiger partial charge on any atom is -0.344 e. The van der Waals surface area contributed by atoms with Gasteiger partial charge in [0.2, 0.25) is 0 Å². The Labute approximate surface area is 94.7 Å². The molecule has 0 saturated carbocycles. The van der Waals surface area contributed by atoms with Crippen molar-refractivity contribution in [3.8, 4) is 0 Å². The van der Waals surface area contributed by atoms with Crippen LogP contribution in [0.25, 0.3) is 11.8 Å². The van der Waals surface area contributed by atoms with E-state index in [4.69, 9.17) is 5.73 Å². The fraction of sp³-hybridized carbons (Fsp3) is 0.143. The molecule has 1 aromatic rings. The van der Waals surface area contributed by atoms with Crippen LogP contribution in [0.4, 0.5) is 0 Å². The SMILES string of the molecule is NCC1=CC2=c3ccccc3=CCN2C=C1. The first-order chi connectivity index (χ1) is 7.88. The van der Waals surface area contributed by atoms with Crippen molar-refractivity contribution < 1.29 is 0 Å². The largest absolute Gasteiger partial charge is 0.344 e. The lowest BCUT2D eigenvalue weighted by atomic mass is 10.0.